The van der Waals surface area contributed by atoms with Gasteiger partial charge >= 0.3 is 0 Å². The second-order valence-corrected chi connectivity index (χ2v) is 8.44. The maximum Gasteiger partial charge on any atom is 0.150 e. The number of halogens is 3. The van der Waals surface area contributed by atoms with Gasteiger partial charge in [-0.25, -0.2) is 18.2 Å². The zero-order valence-corrected chi connectivity index (χ0v) is 17.7. The van der Waals surface area contributed by atoms with Crippen LogP contribution in [0.2, 0.25) is 0 Å². The third-order valence-corrected chi connectivity index (χ3v) is 6.25. The van der Waals surface area contributed by atoms with E-state index in [0.29, 0.717) is 28.6 Å². The van der Waals surface area contributed by atoms with E-state index in [4.69, 9.17) is 0 Å². The Morgan fingerprint density at radius 2 is 1.97 bits per heavy atom. The maximum atomic E-state index is 14.7. The van der Waals surface area contributed by atoms with Gasteiger partial charge in [0.05, 0.1) is 16.9 Å². The largest absolute Gasteiger partial charge is 0.368 e. The summed E-state index contributed by atoms with van der Waals surface area (Å²) in [5.41, 5.74) is 2.42. The number of benzene rings is 2. The van der Waals surface area contributed by atoms with Crippen molar-refractivity contribution < 1.29 is 13.2 Å². The van der Waals surface area contributed by atoms with Crippen molar-refractivity contribution in [3.8, 4) is 0 Å². The molecule has 0 spiro atoms. The van der Waals surface area contributed by atoms with E-state index in [1.165, 1.54) is 41.7 Å². The molecule has 0 bridgehead atoms. The lowest BCUT2D eigenvalue weighted by atomic mass is 10.2. The molecule has 0 radical (unpaired) electrons. The van der Waals surface area contributed by atoms with E-state index >= 15 is 0 Å². The summed E-state index contributed by atoms with van der Waals surface area (Å²) >= 11 is 2.49. The highest BCUT2D eigenvalue weighted by Crippen LogP contribution is 2.35. The van der Waals surface area contributed by atoms with Crippen molar-refractivity contribution in [3.63, 3.8) is 0 Å². The number of hydrogen-bond donors (Lipinski definition) is 3. The van der Waals surface area contributed by atoms with Crippen molar-refractivity contribution in [3.05, 3.63) is 58.7 Å². The quantitative estimate of drug-likeness (QED) is 0.428. The zero-order chi connectivity index (χ0) is 21.1. The highest BCUT2D eigenvalue weighted by Gasteiger charge is 2.24. The molecular formula is C20H20F3N5S2. The maximum absolute atomic E-state index is 14.7. The average Bonchev–Trinajstić information content (AvgIpc) is 3.42. The van der Waals surface area contributed by atoms with Crippen LogP contribution < -0.4 is 20.3 Å². The zero-order valence-electron chi connectivity index (χ0n) is 16.1. The Hall–Kier alpha value is -2.43. The number of anilines is 4. The Kier molecular flexibility index (Phi) is 6.35. The van der Waals surface area contributed by atoms with Crippen LogP contribution in [-0.2, 0) is 0 Å². The molecule has 1 fully saturated rings. The summed E-state index contributed by atoms with van der Waals surface area (Å²) in [5.74, 6) is -1.25. The molecule has 30 heavy (non-hydrogen) atoms. The molecule has 1 aromatic heterocycles. The van der Waals surface area contributed by atoms with E-state index in [-0.39, 0.29) is 11.7 Å². The molecule has 0 aliphatic carbocycles. The molecule has 3 N–H and O–H groups in total. The van der Waals surface area contributed by atoms with Crippen molar-refractivity contribution in [1.29, 1.82) is 0 Å². The Balaban J connectivity index is 1.55. The van der Waals surface area contributed by atoms with Crippen LogP contribution in [0.25, 0.3) is 0 Å². The van der Waals surface area contributed by atoms with Gasteiger partial charge in [0.15, 0.2) is 11.6 Å². The lowest BCUT2D eigenvalue weighted by molar-refractivity contribution is 0.585. The monoisotopic (exact) mass is 451 g/mol. The normalized spacial score (nSPS) is 16.1. The molecule has 1 aliphatic rings. The first-order valence-corrected chi connectivity index (χ1v) is 11.1. The molecule has 1 aliphatic heterocycles. The Bertz CT molecular complexity index is 993. The van der Waals surface area contributed by atoms with E-state index in [0.717, 1.165) is 24.9 Å². The second-order valence-electron chi connectivity index (χ2n) is 6.85. The van der Waals surface area contributed by atoms with Crippen LogP contribution in [0.4, 0.5) is 36.1 Å². The van der Waals surface area contributed by atoms with Gasteiger partial charge in [-0.2, -0.15) is 0 Å². The number of thiazole rings is 1. The van der Waals surface area contributed by atoms with E-state index in [1.54, 1.807) is 10.9 Å². The molecule has 1 atom stereocenters. The smallest absolute Gasteiger partial charge is 0.150 e. The minimum atomic E-state index is -0.734. The first-order chi connectivity index (χ1) is 14.5. The number of nitrogens with zero attached hydrogens (tertiary/aromatic N) is 2. The molecular weight excluding hydrogens is 431 g/mol. The van der Waals surface area contributed by atoms with Gasteiger partial charge in [-0.3, -0.25) is 0 Å². The first kappa shape index (κ1) is 20.8. The van der Waals surface area contributed by atoms with Crippen LogP contribution in [-0.4, -0.2) is 31.2 Å². The van der Waals surface area contributed by atoms with Crippen LogP contribution in [0.1, 0.15) is 6.42 Å². The molecule has 3 aromatic rings. The molecule has 158 valence electrons. The lowest BCUT2D eigenvalue weighted by Crippen LogP contribution is -2.29. The van der Waals surface area contributed by atoms with Crippen LogP contribution in [0, 0.1) is 17.5 Å². The Labute approximate surface area is 180 Å². The summed E-state index contributed by atoms with van der Waals surface area (Å²) in [6, 6.07) is 6.93. The highest BCUT2D eigenvalue weighted by atomic mass is 32.2. The van der Waals surface area contributed by atoms with Gasteiger partial charge in [0.25, 0.3) is 0 Å². The average molecular weight is 452 g/mol. The van der Waals surface area contributed by atoms with Crippen molar-refractivity contribution in [2.75, 3.05) is 35.1 Å². The Morgan fingerprint density at radius 3 is 2.63 bits per heavy atom. The van der Waals surface area contributed by atoms with E-state index in [2.05, 4.69) is 20.3 Å². The third-order valence-electron chi connectivity index (χ3n) is 4.88. The number of aromatic nitrogens is 1. The van der Waals surface area contributed by atoms with Crippen molar-refractivity contribution in [1.82, 2.24) is 10.3 Å². The number of likely N-dealkylation sites (N-methyl/N-ethyl adjacent to an activating group) is 1. The molecule has 4 rings (SSSR count). The van der Waals surface area contributed by atoms with Crippen LogP contribution >= 0.6 is 23.3 Å². The number of nitrogens with one attached hydrogen (secondary N) is 3. The first-order valence-electron chi connectivity index (χ1n) is 9.32. The molecule has 0 saturated carbocycles. The fourth-order valence-corrected chi connectivity index (χ4v) is 4.54. The standard InChI is InChI=1S/C20H20F3N5S2/c1-24-13-4-5-28(9-13)18-6-12(21)2-3-17(18)26-20-15(22)7-14(8-16(20)23)30-27-19-10-29-11-25-19/h2-3,6-8,10-11,13,24,26-27H,4-5,9H2,1H3. The molecule has 1 unspecified atom stereocenters. The van der Waals surface area contributed by atoms with Gasteiger partial charge in [0, 0.05) is 29.4 Å². The summed E-state index contributed by atoms with van der Waals surface area (Å²) in [5, 5.41) is 7.82. The predicted octanol–water partition coefficient (Wildman–Crippen LogP) is 5.22. The SMILES string of the molecule is CNC1CCN(c2cc(F)ccc2Nc2c(F)cc(SNc3cscn3)cc2F)C1. The molecule has 10 heteroatoms. The van der Waals surface area contributed by atoms with Gasteiger partial charge < -0.3 is 20.3 Å². The molecule has 2 aromatic carbocycles. The summed E-state index contributed by atoms with van der Waals surface area (Å²) in [4.78, 5) is 6.44. The highest BCUT2D eigenvalue weighted by molar-refractivity contribution is 8.00. The van der Waals surface area contributed by atoms with Crippen LogP contribution in [0.5, 0.6) is 0 Å². The van der Waals surface area contributed by atoms with E-state index < -0.39 is 17.5 Å². The predicted molar refractivity (Wildman–Crippen MR) is 117 cm³/mol. The minimum absolute atomic E-state index is 0.273. The van der Waals surface area contributed by atoms with Crippen molar-refractivity contribution in [2.45, 2.75) is 17.4 Å². The fraction of sp³-hybridized carbons (Fsp3) is 0.250. The number of rotatable bonds is 7. The van der Waals surface area contributed by atoms with Crippen LogP contribution in [0.3, 0.4) is 0 Å². The van der Waals surface area contributed by atoms with Gasteiger partial charge in [-0.15, -0.1) is 11.3 Å². The van der Waals surface area contributed by atoms with E-state index in [1.807, 2.05) is 11.9 Å². The minimum Gasteiger partial charge on any atom is -0.368 e. The van der Waals surface area contributed by atoms with Crippen molar-refractivity contribution >= 4 is 46.2 Å². The molecule has 2 heterocycles. The fourth-order valence-electron chi connectivity index (χ4n) is 3.32. The van der Waals surface area contributed by atoms with Gasteiger partial charge in [0.1, 0.15) is 17.3 Å². The molecule has 5 nitrogen and oxygen atoms in total. The summed E-state index contributed by atoms with van der Waals surface area (Å²) in [6.45, 7) is 1.42. The lowest BCUT2D eigenvalue weighted by Gasteiger charge is -2.23. The van der Waals surface area contributed by atoms with Crippen molar-refractivity contribution in [2.24, 2.45) is 0 Å². The van der Waals surface area contributed by atoms with Gasteiger partial charge in [-0.1, -0.05) is 0 Å². The van der Waals surface area contributed by atoms with Gasteiger partial charge in [-0.05, 0) is 55.7 Å². The number of hydrogen-bond acceptors (Lipinski definition) is 7. The van der Waals surface area contributed by atoms with Gasteiger partial charge in [0.2, 0.25) is 0 Å². The topological polar surface area (TPSA) is 52.2 Å². The summed E-state index contributed by atoms with van der Waals surface area (Å²) < 4.78 is 46.3. The molecule has 1 saturated heterocycles. The second kappa shape index (κ2) is 9.15. The summed E-state index contributed by atoms with van der Waals surface area (Å²) in [6.07, 6.45) is 0.910. The molecule has 0 amide bonds. The van der Waals surface area contributed by atoms with Crippen LogP contribution in [0.15, 0.2) is 46.1 Å². The third kappa shape index (κ3) is 4.66. The Morgan fingerprint density at radius 1 is 1.17 bits per heavy atom. The van der Waals surface area contributed by atoms with E-state index in [9.17, 15) is 13.2 Å². The summed E-state index contributed by atoms with van der Waals surface area (Å²) in [7, 11) is 1.88.